The van der Waals surface area contributed by atoms with Crippen molar-refractivity contribution in [3.05, 3.63) is 88.1 Å². The number of nitrogens with zero attached hydrogens (tertiary/aromatic N) is 3. The minimum Gasteiger partial charge on any atom is -0.494 e. The molecule has 0 atom stereocenters. The fourth-order valence-corrected chi connectivity index (χ4v) is 6.57. The van der Waals surface area contributed by atoms with E-state index in [1.807, 2.05) is 30.3 Å². The van der Waals surface area contributed by atoms with E-state index in [1.54, 1.807) is 43.0 Å². The van der Waals surface area contributed by atoms with Crippen molar-refractivity contribution in [2.24, 2.45) is 0 Å². The average molecular weight is 489 g/mol. The summed E-state index contributed by atoms with van der Waals surface area (Å²) in [5.74, 6) is 0.347. The van der Waals surface area contributed by atoms with Crippen molar-refractivity contribution < 1.29 is 9.53 Å². The van der Waals surface area contributed by atoms with Gasteiger partial charge in [-0.25, -0.2) is 0 Å². The molecule has 2 heterocycles. The van der Waals surface area contributed by atoms with Crippen molar-refractivity contribution in [1.29, 1.82) is 0 Å². The number of carbonyl (C=O) groups excluding carboxylic acids is 1. The van der Waals surface area contributed by atoms with Crippen LogP contribution < -0.4 is 10.1 Å². The van der Waals surface area contributed by atoms with Crippen molar-refractivity contribution in [2.45, 2.75) is 30.1 Å². The summed E-state index contributed by atoms with van der Waals surface area (Å²) < 4.78 is 5.70. The Labute approximate surface area is 206 Å². The first-order chi connectivity index (χ1) is 16.5. The standard InChI is InChI=1S/C26H21ClN4O2S/c1-33-21-19(3-2-4-20(21)29-22(32)16-9-11-28-12-10-16)23-30-31-24(34-23)26-13-25(14-26,15-26)17-5-7-18(27)8-6-17/h2-12H,13-15H2,1H3,(H,29,32). The molecule has 3 aliphatic rings. The van der Waals surface area contributed by atoms with Crippen LogP contribution in [-0.4, -0.2) is 28.2 Å². The van der Waals surface area contributed by atoms with Gasteiger partial charge in [0.05, 0.1) is 18.4 Å². The Morgan fingerprint density at radius 3 is 2.44 bits per heavy atom. The highest BCUT2D eigenvalue weighted by atomic mass is 35.5. The number of halogens is 1. The molecule has 3 fully saturated rings. The van der Waals surface area contributed by atoms with Crippen molar-refractivity contribution >= 4 is 34.5 Å². The Bertz CT molecular complexity index is 1370. The Kier molecular flexibility index (Phi) is 4.93. The summed E-state index contributed by atoms with van der Waals surface area (Å²) in [6, 6.07) is 17.2. The minimum absolute atomic E-state index is 0.121. The first-order valence-electron chi connectivity index (χ1n) is 11.0. The number of methoxy groups -OCH3 is 1. The molecule has 0 saturated heterocycles. The third-order valence-electron chi connectivity index (χ3n) is 7.01. The van der Waals surface area contributed by atoms with Crippen LogP contribution in [0.2, 0.25) is 5.02 Å². The van der Waals surface area contributed by atoms with Gasteiger partial charge in [0.15, 0.2) is 10.8 Å². The number of ether oxygens (including phenoxy) is 1. The number of para-hydroxylation sites is 1. The number of benzene rings is 2. The SMILES string of the molecule is COc1c(NC(=O)c2ccncc2)cccc1-c1nnc(C23CC(c4ccc(Cl)cc4)(C2)C3)s1. The number of carbonyl (C=O) groups is 1. The zero-order chi connectivity index (χ0) is 23.3. The maximum Gasteiger partial charge on any atom is 0.255 e. The molecule has 2 aromatic heterocycles. The van der Waals surface area contributed by atoms with Crippen LogP contribution in [0.1, 0.15) is 40.2 Å². The Morgan fingerprint density at radius 1 is 1.00 bits per heavy atom. The summed E-state index contributed by atoms with van der Waals surface area (Å²) in [6.45, 7) is 0. The maximum absolute atomic E-state index is 12.7. The van der Waals surface area contributed by atoms with Gasteiger partial charge in [-0.3, -0.25) is 9.78 Å². The normalized spacial score (nSPS) is 22.4. The number of nitrogens with one attached hydrogen (secondary N) is 1. The minimum atomic E-state index is -0.225. The lowest BCUT2D eigenvalue weighted by Gasteiger charge is -2.70. The number of hydrogen-bond acceptors (Lipinski definition) is 6. The predicted molar refractivity (Wildman–Crippen MR) is 133 cm³/mol. The van der Waals surface area contributed by atoms with Gasteiger partial charge in [0.2, 0.25) is 0 Å². The molecule has 0 spiro atoms. The van der Waals surface area contributed by atoms with Gasteiger partial charge < -0.3 is 10.1 Å². The summed E-state index contributed by atoms with van der Waals surface area (Å²) in [6.07, 6.45) is 6.46. The highest BCUT2D eigenvalue weighted by Gasteiger charge is 2.70. The Morgan fingerprint density at radius 2 is 1.74 bits per heavy atom. The number of pyridine rings is 1. The number of anilines is 1. The number of aromatic nitrogens is 3. The Balaban J connectivity index is 1.23. The van der Waals surface area contributed by atoms with E-state index in [-0.39, 0.29) is 16.7 Å². The van der Waals surface area contributed by atoms with Crippen LogP contribution in [0, 0.1) is 0 Å². The zero-order valence-corrected chi connectivity index (χ0v) is 20.0. The van der Waals surface area contributed by atoms with Gasteiger partial charge in [-0.05, 0) is 66.6 Å². The fraction of sp³-hybridized carbons (Fsp3) is 0.231. The molecule has 4 aromatic rings. The second kappa shape index (κ2) is 7.89. The van der Waals surface area contributed by atoms with Crippen LogP contribution in [-0.2, 0) is 10.8 Å². The third-order valence-corrected chi connectivity index (χ3v) is 8.46. The summed E-state index contributed by atoms with van der Waals surface area (Å²) in [4.78, 5) is 16.6. The van der Waals surface area contributed by atoms with Crippen LogP contribution in [0.25, 0.3) is 10.6 Å². The first-order valence-corrected chi connectivity index (χ1v) is 12.2. The lowest BCUT2D eigenvalue weighted by Crippen LogP contribution is -2.67. The van der Waals surface area contributed by atoms with E-state index in [9.17, 15) is 4.79 Å². The third kappa shape index (κ3) is 3.30. The summed E-state index contributed by atoms with van der Waals surface area (Å²) in [7, 11) is 1.60. The smallest absolute Gasteiger partial charge is 0.255 e. The summed E-state index contributed by atoms with van der Waals surface area (Å²) in [5.41, 5.74) is 3.67. The van der Waals surface area contributed by atoms with E-state index in [4.69, 9.17) is 16.3 Å². The van der Waals surface area contributed by atoms with Gasteiger partial charge in [-0.2, -0.15) is 0 Å². The lowest BCUT2D eigenvalue weighted by molar-refractivity contribution is -0.0697. The number of amides is 1. The van der Waals surface area contributed by atoms with E-state index in [1.165, 1.54) is 5.56 Å². The first kappa shape index (κ1) is 21.3. The van der Waals surface area contributed by atoms with Gasteiger partial charge in [0, 0.05) is 28.4 Å². The van der Waals surface area contributed by atoms with Crippen molar-refractivity contribution in [2.75, 3.05) is 12.4 Å². The zero-order valence-electron chi connectivity index (χ0n) is 18.4. The quantitative estimate of drug-likeness (QED) is 0.366. The van der Waals surface area contributed by atoms with E-state index < -0.39 is 0 Å². The van der Waals surface area contributed by atoms with Crippen LogP contribution in [0.4, 0.5) is 5.69 Å². The molecule has 3 saturated carbocycles. The molecule has 34 heavy (non-hydrogen) atoms. The van der Waals surface area contributed by atoms with Crippen LogP contribution in [0.3, 0.4) is 0 Å². The Hall–Kier alpha value is -3.29. The van der Waals surface area contributed by atoms with Crippen molar-refractivity contribution in [3.63, 3.8) is 0 Å². The monoisotopic (exact) mass is 488 g/mol. The van der Waals surface area contributed by atoms with Gasteiger partial charge in [-0.1, -0.05) is 41.1 Å². The molecule has 3 aliphatic carbocycles. The molecule has 6 nitrogen and oxygen atoms in total. The molecule has 2 aromatic carbocycles. The van der Waals surface area contributed by atoms with E-state index in [0.717, 1.165) is 39.9 Å². The van der Waals surface area contributed by atoms with E-state index in [0.29, 0.717) is 17.0 Å². The number of hydrogen-bond donors (Lipinski definition) is 1. The molecule has 0 aliphatic heterocycles. The van der Waals surface area contributed by atoms with Gasteiger partial charge in [0.25, 0.3) is 5.91 Å². The highest BCUT2D eigenvalue weighted by molar-refractivity contribution is 7.14. The number of rotatable bonds is 6. The lowest BCUT2D eigenvalue weighted by atomic mass is 9.34. The second-order valence-electron chi connectivity index (χ2n) is 9.09. The predicted octanol–water partition coefficient (Wildman–Crippen LogP) is 5.89. The molecule has 1 amide bonds. The van der Waals surface area contributed by atoms with Crippen molar-refractivity contribution in [1.82, 2.24) is 15.2 Å². The van der Waals surface area contributed by atoms with Crippen LogP contribution >= 0.6 is 22.9 Å². The fourth-order valence-electron chi connectivity index (χ4n) is 5.39. The second-order valence-corrected chi connectivity index (χ2v) is 10.5. The molecular formula is C26H21ClN4O2S. The molecule has 170 valence electrons. The maximum atomic E-state index is 12.7. The van der Waals surface area contributed by atoms with Gasteiger partial charge >= 0.3 is 0 Å². The molecule has 0 radical (unpaired) electrons. The van der Waals surface area contributed by atoms with Crippen LogP contribution in [0.5, 0.6) is 5.75 Å². The molecule has 7 rings (SSSR count). The molecule has 8 heteroatoms. The van der Waals surface area contributed by atoms with Crippen molar-refractivity contribution in [3.8, 4) is 16.3 Å². The average Bonchev–Trinajstić information content (AvgIpc) is 3.29. The van der Waals surface area contributed by atoms with Gasteiger partial charge in [-0.15, -0.1) is 10.2 Å². The van der Waals surface area contributed by atoms with E-state index in [2.05, 4.69) is 32.6 Å². The van der Waals surface area contributed by atoms with Crippen LogP contribution in [0.15, 0.2) is 67.0 Å². The van der Waals surface area contributed by atoms with E-state index >= 15 is 0 Å². The molecule has 2 bridgehead atoms. The molecule has 1 N–H and O–H groups in total. The largest absolute Gasteiger partial charge is 0.494 e. The highest BCUT2D eigenvalue weighted by Crippen LogP contribution is 2.74. The summed E-state index contributed by atoms with van der Waals surface area (Å²) >= 11 is 7.67. The summed E-state index contributed by atoms with van der Waals surface area (Å²) in [5, 5.41) is 14.7. The molecule has 0 unspecified atom stereocenters. The molecular weight excluding hydrogens is 468 g/mol. The van der Waals surface area contributed by atoms with Gasteiger partial charge in [0.1, 0.15) is 5.01 Å². The topological polar surface area (TPSA) is 77.0 Å².